The number of hydrogen-bond acceptors (Lipinski definition) is 5. The van der Waals surface area contributed by atoms with Gasteiger partial charge in [0.15, 0.2) is 5.65 Å². The number of hydrazine groups is 1. The van der Waals surface area contributed by atoms with E-state index >= 15 is 0 Å². The summed E-state index contributed by atoms with van der Waals surface area (Å²) in [6.45, 7) is 2.10. The van der Waals surface area contributed by atoms with Crippen molar-refractivity contribution in [2.24, 2.45) is 7.05 Å². The average Bonchev–Trinajstić information content (AvgIpc) is 2.94. The highest BCUT2D eigenvalue weighted by molar-refractivity contribution is 6.32. The highest BCUT2D eigenvalue weighted by Gasteiger charge is 2.10. The van der Waals surface area contributed by atoms with E-state index in [1.165, 1.54) is 12.1 Å². The zero-order valence-corrected chi connectivity index (χ0v) is 15.7. The summed E-state index contributed by atoms with van der Waals surface area (Å²) in [7, 11) is 1.83. The summed E-state index contributed by atoms with van der Waals surface area (Å²) in [5, 5.41) is 8.23. The molecule has 0 fully saturated rings. The molecule has 3 aromatic heterocycles. The molecule has 0 aromatic carbocycles. The Labute approximate surface area is 159 Å². The predicted octanol–water partition coefficient (Wildman–Crippen LogP) is 3.77. The summed E-state index contributed by atoms with van der Waals surface area (Å²) in [5.41, 5.74) is 7.62. The lowest BCUT2D eigenvalue weighted by Gasteiger charge is -2.11. The molecule has 0 aliphatic heterocycles. The molecule has 0 aliphatic carbocycles. The number of aromatic nitrogens is 4. The van der Waals surface area contributed by atoms with Crippen molar-refractivity contribution in [1.29, 1.82) is 0 Å². The Morgan fingerprint density at radius 3 is 2.62 bits per heavy atom. The lowest BCUT2D eigenvalue weighted by molar-refractivity contribution is 0.254. The van der Waals surface area contributed by atoms with Crippen molar-refractivity contribution >= 4 is 51.8 Å². The molecular weight excluding hydrogens is 377 g/mol. The van der Waals surface area contributed by atoms with E-state index in [0.29, 0.717) is 11.5 Å². The van der Waals surface area contributed by atoms with Crippen LogP contribution >= 0.6 is 23.2 Å². The maximum absolute atomic E-state index is 12.1. The predicted molar refractivity (Wildman–Crippen MR) is 103 cm³/mol. The Bertz CT molecular complexity index is 937. The summed E-state index contributed by atoms with van der Waals surface area (Å²) in [6, 6.07) is 4.39. The lowest BCUT2D eigenvalue weighted by Crippen LogP contribution is -2.34. The molecule has 0 radical (unpaired) electrons. The van der Waals surface area contributed by atoms with Crippen LogP contribution in [0, 0.1) is 0 Å². The average molecular weight is 394 g/mol. The van der Waals surface area contributed by atoms with Crippen molar-refractivity contribution in [3.63, 3.8) is 0 Å². The van der Waals surface area contributed by atoms with Gasteiger partial charge in [-0.05, 0) is 30.2 Å². The van der Waals surface area contributed by atoms with Crippen LogP contribution in [0.25, 0.3) is 11.0 Å². The molecule has 0 bridgehead atoms. The van der Waals surface area contributed by atoms with Crippen LogP contribution in [0.1, 0.15) is 18.9 Å². The Balaban J connectivity index is 1.72. The lowest BCUT2D eigenvalue weighted by atomic mass is 10.1. The van der Waals surface area contributed by atoms with Gasteiger partial charge >= 0.3 is 6.03 Å². The van der Waals surface area contributed by atoms with E-state index in [-0.39, 0.29) is 10.3 Å². The molecule has 0 atom stereocenters. The minimum absolute atomic E-state index is 0.188. The molecule has 0 unspecified atom stereocenters. The minimum Gasteiger partial charge on any atom is -0.306 e. The fraction of sp³-hybridized carbons (Fsp3) is 0.250. The summed E-state index contributed by atoms with van der Waals surface area (Å²) in [6.07, 6.45) is 3.68. The van der Waals surface area contributed by atoms with E-state index in [9.17, 15) is 4.79 Å². The number of rotatable bonds is 5. The van der Waals surface area contributed by atoms with E-state index in [0.717, 1.165) is 29.4 Å². The molecular formula is C16H17Cl2N7O. The number of halogens is 2. The van der Waals surface area contributed by atoms with Gasteiger partial charge in [0.1, 0.15) is 16.1 Å². The molecule has 2 amide bonds. The second-order valence-corrected chi connectivity index (χ2v) is 6.40. The minimum atomic E-state index is -0.493. The largest absolute Gasteiger partial charge is 0.337 e. The smallest absolute Gasteiger partial charge is 0.306 e. The Kier molecular flexibility index (Phi) is 5.43. The molecule has 3 heterocycles. The van der Waals surface area contributed by atoms with Crippen LogP contribution in [0.15, 0.2) is 24.4 Å². The number of aryl methyl sites for hydroxylation is 2. The quantitative estimate of drug-likeness (QED) is 0.452. The number of nitrogens with one attached hydrogen (secondary N) is 3. The number of hydrogen-bond donors (Lipinski definition) is 3. The van der Waals surface area contributed by atoms with Gasteiger partial charge in [-0.3, -0.25) is 15.5 Å². The second-order valence-electron chi connectivity index (χ2n) is 5.63. The number of fused-ring (bicyclic) bond motifs is 1. The van der Waals surface area contributed by atoms with Crippen molar-refractivity contribution in [2.45, 2.75) is 19.8 Å². The molecule has 8 nitrogen and oxygen atoms in total. The van der Waals surface area contributed by atoms with E-state index < -0.39 is 6.03 Å². The normalized spacial score (nSPS) is 10.8. The van der Waals surface area contributed by atoms with Crippen LogP contribution in [-0.2, 0) is 13.5 Å². The Hall–Kier alpha value is -2.58. The Morgan fingerprint density at radius 2 is 1.92 bits per heavy atom. The van der Waals surface area contributed by atoms with Gasteiger partial charge in [-0.15, -0.1) is 0 Å². The number of anilines is 2. The summed E-state index contributed by atoms with van der Waals surface area (Å²) in [5.74, 6) is 0.519. The third kappa shape index (κ3) is 4.14. The van der Waals surface area contributed by atoms with Crippen molar-refractivity contribution in [3.8, 4) is 0 Å². The number of pyridine rings is 2. The van der Waals surface area contributed by atoms with Crippen molar-refractivity contribution in [1.82, 2.24) is 25.2 Å². The summed E-state index contributed by atoms with van der Waals surface area (Å²) >= 11 is 11.6. The van der Waals surface area contributed by atoms with Crippen LogP contribution < -0.4 is 16.2 Å². The van der Waals surface area contributed by atoms with Crippen LogP contribution in [-0.4, -0.2) is 25.8 Å². The molecule has 0 saturated heterocycles. The molecule has 3 aromatic rings. The highest BCUT2D eigenvalue weighted by atomic mass is 35.5. The van der Waals surface area contributed by atoms with E-state index in [2.05, 4.69) is 38.2 Å². The fourth-order valence-corrected chi connectivity index (χ4v) is 3.00. The first-order chi connectivity index (χ1) is 12.5. The van der Waals surface area contributed by atoms with Gasteiger partial charge in [0.05, 0.1) is 6.20 Å². The van der Waals surface area contributed by atoms with Gasteiger partial charge < -0.3 is 5.32 Å². The van der Waals surface area contributed by atoms with Crippen molar-refractivity contribution in [2.75, 3.05) is 10.7 Å². The molecule has 26 heavy (non-hydrogen) atoms. The standard InChI is InChI=1S/C16H17Cl2N7O/c1-3-4-9-5-14(22-15-11(9)8-19-25(15)2)23-24-16(26)20-10-6-12(17)21-13(18)7-10/h5-8H,3-4H2,1-2H3,(H,22,23)(H2,20,21,24,26). The first kappa shape index (κ1) is 18.2. The molecule has 10 heteroatoms. The van der Waals surface area contributed by atoms with E-state index in [4.69, 9.17) is 23.2 Å². The third-order valence-corrected chi connectivity index (χ3v) is 4.02. The van der Waals surface area contributed by atoms with Crippen molar-refractivity contribution < 1.29 is 4.79 Å². The van der Waals surface area contributed by atoms with Gasteiger partial charge in [0.25, 0.3) is 0 Å². The van der Waals surface area contributed by atoms with Crippen LogP contribution in [0.5, 0.6) is 0 Å². The van der Waals surface area contributed by atoms with Gasteiger partial charge in [0.2, 0.25) is 0 Å². The molecule has 3 rings (SSSR count). The molecule has 136 valence electrons. The fourth-order valence-electron chi connectivity index (χ4n) is 2.54. The SMILES string of the molecule is CCCc1cc(NNC(=O)Nc2cc(Cl)nc(Cl)c2)nc2c1cnn2C. The second kappa shape index (κ2) is 7.76. The topological polar surface area (TPSA) is 96.8 Å². The highest BCUT2D eigenvalue weighted by Crippen LogP contribution is 2.21. The third-order valence-electron chi connectivity index (χ3n) is 3.63. The van der Waals surface area contributed by atoms with Gasteiger partial charge in [-0.2, -0.15) is 5.10 Å². The number of nitrogens with zero attached hydrogens (tertiary/aromatic N) is 4. The van der Waals surface area contributed by atoms with E-state index in [1.54, 1.807) is 10.9 Å². The maximum atomic E-state index is 12.1. The first-order valence-electron chi connectivity index (χ1n) is 7.94. The molecule has 0 saturated carbocycles. The molecule has 0 spiro atoms. The van der Waals surface area contributed by atoms with Crippen LogP contribution in [0.3, 0.4) is 0 Å². The van der Waals surface area contributed by atoms with Gasteiger partial charge in [-0.1, -0.05) is 36.5 Å². The summed E-state index contributed by atoms with van der Waals surface area (Å²) < 4.78 is 1.70. The van der Waals surface area contributed by atoms with E-state index in [1.807, 2.05) is 13.1 Å². The number of carbonyl (C=O) groups excluding carboxylic acids is 1. The maximum Gasteiger partial charge on any atom is 0.337 e. The number of urea groups is 1. The van der Waals surface area contributed by atoms with Crippen LogP contribution in [0.4, 0.5) is 16.3 Å². The zero-order chi connectivity index (χ0) is 18.7. The number of carbonyl (C=O) groups is 1. The monoisotopic (exact) mass is 393 g/mol. The first-order valence-corrected chi connectivity index (χ1v) is 8.69. The van der Waals surface area contributed by atoms with Crippen LogP contribution in [0.2, 0.25) is 10.3 Å². The Morgan fingerprint density at radius 1 is 1.19 bits per heavy atom. The molecule has 0 aliphatic rings. The summed E-state index contributed by atoms with van der Waals surface area (Å²) in [4.78, 5) is 20.4. The van der Waals surface area contributed by atoms with Crippen molar-refractivity contribution in [3.05, 3.63) is 40.3 Å². The van der Waals surface area contributed by atoms with Gasteiger partial charge in [-0.25, -0.2) is 14.8 Å². The zero-order valence-electron chi connectivity index (χ0n) is 14.2. The number of amides is 2. The van der Waals surface area contributed by atoms with Gasteiger partial charge in [0, 0.05) is 18.1 Å². The molecule has 3 N–H and O–H groups in total.